The average molecular weight is 433 g/mol. The van der Waals surface area contributed by atoms with Gasteiger partial charge in [-0.25, -0.2) is 4.39 Å². The standard InChI is InChI=1S/C23H33FN4O3/c1-31-16-15-28(21-5-3-2-4-6-21)23(30)18-27-13-11-26(12-14-27)17-22(29)25-20-9-7-19(24)8-10-20/h5,7-10H,2-4,6,11-18H2,1H3,(H,25,29). The lowest BCUT2D eigenvalue weighted by molar-refractivity contribution is -0.132. The van der Waals surface area contributed by atoms with E-state index in [0.717, 1.165) is 51.1 Å². The van der Waals surface area contributed by atoms with Crippen LogP contribution >= 0.6 is 0 Å². The van der Waals surface area contributed by atoms with Crippen LogP contribution in [0.15, 0.2) is 36.0 Å². The SMILES string of the molecule is COCCN(C(=O)CN1CCN(CC(=O)Nc2ccc(F)cc2)CC1)C1=CCCCC1. The molecule has 0 aromatic heterocycles. The Hall–Kier alpha value is -2.29. The molecule has 7 nitrogen and oxygen atoms in total. The molecule has 0 radical (unpaired) electrons. The van der Waals surface area contributed by atoms with E-state index in [0.29, 0.717) is 25.4 Å². The highest BCUT2D eigenvalue weighted by molar-refractivity contribution is 5.92. The number of allylic oxidation sites excluding steroid dienone is 2. The maximum atomic E-state index is 13.0. The van der Waals surface area contributed by atoms with E-state index in [1.165, 1.54) is 18.6 Å². The minimum Gasteiger partial charge on any atom is -0.383 e. The van der Waals surface area contributed by atoms with Crippen molar-refractivity contribution in [2.75, 3.05) is 64.8 Å². The molecular formula is C23H33FN4O3. The zero-order valence-corrected chi connectivity index (χ0v) is 18.3. The molecule has 2 aliphatic rings. The van der Waals surface area contributed by atoms with Crippen molar-refractivity contribution >= 4 is 17.5 Å². The first kappa shape index (κ1) is 23.4. The maximum Gasteiger partial charge on any atom is 0.240 e. The van der Waals surface area contributed by atoms with Crippen molar-refractivity contribution in [3.8, 4) is 0 Å². The second-order valence-corrected chi connectivity index (χ2v) is 8.09. The van der Waals surface area contributed by atoms with Gasteiger partial charge in [0.2, 0.25) is 11.8 Å². The number of benzene rings is 1. The number of anilines is 1. The lowest BCUT2D eigenvalue weighted by Gasteiger charge is -2.35. The van der Waals surface area contributed by atoms with Crippen molar-refractivity contribution in [2.45, 2.75) is 25.7 Å². The first-order chi connectivity index (χ1) is 15.0. The number of nitrogens with one attached hydrogen (secondary N) is 1. The molecule has 3 rings (SSSR count). The van der Waals surface area contributed by atoms with Gasteiger partial charge in [-0.2, -0.15) is 0 Å². The molecule has 1 saturated heterocycles. The first-order valence-corrected chi connectivity index (χ1v) is 11.0. The van der Waals surface area contributed by atoms with Gasteiger partial charge < -0.3 is 15.0 Å². The third kappa shape index (κ3) is 7.41. The molecule has 170 valence electrons. The first-order valence-electron chi connectivity index (χ1n) is 11.0. The van der Waals surface area contributed by atoms with Crippen LogP contribution in [0.25, 0.3) is 0 Å². The van der Waals surface area contributed by atoms with Crippen molar-refractivity contribution in [3.63, 3.8) is 0 Å². The number of amides is 2. The van der Waals surface area contributed by atoms with Gasteiger partial charge >= 0.3 is 0 Å². The monoisotopic (exact) mass is 432 g/mol. The second-order valence-electron chi connectivity index (χ2n) is 8.09. The van der Waals surface area contributed by atoms with E-state index in [9.17, 15) is 14.0 Å². The van der Waals surface area contributed by atoms with E-state index in [2.05, 4.69) is 21.2 Å². The molecule has 0 atom stereocenters. The smallest absolute Gasteiger partial charge is 0.240 e. The van der Waals surface area contributed by atoms with Gasteiger partial charge in [-0.05, 0) is 49.9 Å². The number of hydrogen-bond donors (Lipinski definition) is 1. The van der Waals surface area contributed by atoms with Crippen LogP contribution < -0.4 is 5.32 Å². The molecule has 31 heavy (non-hydrogen) atoms. The van der Waals surface area contributed by atoms with Crippen molar-refractivity contribution in [1.82, 2.24) is 14.7 Å². The highest BCUT2D eigenvalue weighted by atomic mass is 19.1. The number of hydrogen-bond acceptors (Lipinski definition) is 5. The number of carbonyl (C=O) groups excluding carboxylic acids is 2. The van der Waals surface area contributed by atoms with Gasteiger partial charge in [0.1, 0.15) is 5.82 Å². The largest absolute Gasteiger partial charge is 0.383 e. The van der Waals surface area contributed by atoms with Crippen LogP contribution in [0, 0.1) is 5.82 Å². The van der Waals surface area contributed by atoms with Crippen LogP contribution in [0.3, 0.4) is 0 Å². The van der Waals surface area contributed by atoms with E-state index >= 15 is 0 Å². The molecule has 8 heteroatoms. The predicted octanol–water partition coefficient (Wildman–Crippen LogP) is 2.31. The second kappa shape index (κ2) is 11.9. The Morgan fingerprint density at radius 3 is 2.35 bits per heavy atom. The van der Waals surface area contributed by atoms with E-state index < -0.39 is 0 Å². The topological polar surface area (TPSA) is 65.1 Å². The maximum absolute atomic E-state index is 13.0. The molecule has 0 spiro atoms. The van der Waals surface area contributed by atoms with Gasteiger partial charge in [0.05, 0.1) is 19.7 Å². The summed E-state index contributed by atoms with van der Waals surface area (Å²) in [6, 6.07) is 5.75. The van der Waals surface area contributed by atoms with Gasteiger partial charge in [0.15, 0.2) is 0 Å². The zero-order chi connectivity index (χ0) is 22.1. The van der Waals surface area contributed by atoms with Crippen LogP contribution in [-0.4, -0.2) is 86.0 Å². The summed E-state index contributed by atoms with van der Waals surface area (Å²) in [6.07, 6.45) is 6.49. The third-order valence-corrected chi connectivity index (χ3v) is 5.75. The summed E-state index contributed by atoms with van der Waals surface area (Å²) in [4.78, 5) is 31.4. The lowest BCUT2D eigenvalue weighted by Crippen LogP contribution is -2.51. The molecule has 1 aliphatic heterocycles. The minimum absolute atomic E-state index is 0.118. The number of rotatable bonds is 9. The quantitative estimate of drug-likeness (QED) is 0.649. The summed E-state index contributed by atoms with van der Waals surface area (Å²) in [6.45, 7) is 4.72. The molecule has 1 aromatic carbocycles. The van der Waals surface area contributed by atoms with Gasteiger partial charge in [-0.1, -0.05) is 6.08 Å². The van der Waals surface area contributed by atoms with E-state index in [4.69, 9.17) is 4.74 Å². The van der Waals surface area contributed by atoms with Crippen molar-refractivity contribution < 1.29 is 18.7 Å². The molecule has 1 aromatic rings. The van der Waals surface area contributed by atoms with E-state index in [1.807, 2.05) is 4.90 Å². The lowest BCUT2D eigenvalue weighted by atomic mass is 10.0. The van der Waals surface area contributed by atoms with Crippen LogP contribution in [0.5, 0.6) is 0 Å². The Morgan fingerprint density at radius 2 is 1.74 bits per heavy atom. The Kier molecular flexibility index (Phi) is 8.99. The fourth-order valence-electron chi connectivity index (χ4n) is 4.00. The fourth-order valence-corrected chi connectivity index (χ4v) is 4.00. The highest BCUT2D eigenvalue weighted by Gasteiger charge is 2.25. The molecule has 0 bridgehead atoms. The van der Waals surface area contributed by atoms with Gasteiger partial charge in [0.25, 0.3) is 0 Å². The molecule has 1 heterocycles. The molecular weight excluding hydrogens is 399 g/mol. The summed E-state index contributed by atoms with van der Waals surface area (Å²) < 4.78 is 18.2. The van der Waals surface area contributed by atoms with Crippen LogP contribution in [-0.2, 0) is 14.3 Å². The highest BCUT2D eigenvalue weighted by Crippen LogP contribution is 2.21. The van der Waals surface area contributed by atoms with Crippen molar-refractivity contribution in [3.05, 3.63) is 41.9 Å². The summed E-state index contributed by atoms with van der Waals surface area (Å²) in [7, 11) is 1.66. The normalized spacial score (nSPS) is 17.8. The Labute approximate surface area is 183 Å². The van der Waals surface area contributed by atoms with Gasteiger partial charge in [0, 0.05) is 51.2 Å². The van der Waals surface area contributed by atoms with E-state index in [-0.39, 0.29) is 24.2 Å². The van der Waals surface area contributed by atoms with Crippen LogP contribution in [0.4, 0.5) is 10.1 Å². The van der Waals surface area contributed by atoms with Gasteiger partial charge in [-0.15, -0.1) is 0 Å². The molecule has 1 aliphatic carbocycles. The minimum atomic E-state index is -0.329. The predicted molar refractivity (Wildman–Crippen MR) is 118 cm³/mol. The summed E-state index contributed by atoms with van der Waals surface area (Å²) >= 11 is 0. The molecule has 2 amide bonds. The molecule has 1 N–H and O–H groups in total. The summed E-state index contributed by atoms with van der Waals surface area (Å²) in [5.41, 5.74) is 1.72. The number of halogens is 1. The molecule has 1 fully saturated rings. The Bertz CT molecular complexity index is 761. The molecule has 0 unspecified atom stereocenters. The third-order valence-electron chi connectivity index (χ3n) is 5.75. The Morgan fingerprint density at radius 1 is 1.06 bits per heavy atom. The molecule has 0 saturated carbocycles. The van der Waals surface area contributed by atoms with Gasteiger partial charge in [-0.3, -0.25) is 19.4 Å². The zero-order valence-electron chi connectivity index (χ0n) is 18.3. The van der Waals surface area contributed by atoms with E-state index in [1.54, 1.807) is 19.2 Å². The van der Waals surface area contributed by atoms with Crippen molar-refractivity contribution in [1.29, 1.82) is 0 Å². The number of nitrogens with zero attached hydrogens (tertiary/aromatic N) is 3. The van der Waals surface area contributed by atoms with Crippen LogP contribution in [0.2, 0.25) is 0 Å². The fraction of sp³-hybridized carbons (Fsp3) is 0.565. The number of piperazine rings is 1. The number of carbonyl (C=O) groups is 2. The summed E-state index contributed by atoms with van der Waals surface area (Å²) in [5, 5.41) is 2.79. The Balaban J connectivity index is 1.43. The van der Waals surface area contributed by atoms with Crippen LogP contribution in [0.1, 0.15) is 25.7 Å². The average Bonchev–Trinajstić information content (AvgIpc) is 2.78. The van der Waals surface area contributed by atoms with Crippen molar-refractivity contribution in [2.24, 2.45) is 0 Å². The number of ether oxygens (including phenoxy) is 1. The number of methoxy groups -OCH3 is 1. The summed E-state index contributed by atoms with van der Waals surface area (Å²) in [5.74, 6) is -0.331.